The summed E-state index contributed by atoms with van der Waals surface area (Å²) < 4.78 is 12.5. The lowest BCUT2D eigenvalue weighted by Gasteiger charge is -2.29. The summed E-state index contributed by atoms with van der Waals surface area (Å²) in [7, 11) is 2.12. The molecule has 118 valence electrons. The maximum atomic E-state index is 6.01. The first-order valence-electron chi connectivity index (χ1n) is 7.52. The van der Waals surface area contributed by atoms with Crippen LogP contribution in [0, 0.1) is 5.92 Å². The minimum absolute atomic E-state index is 0.181. The summed E-state index contributed by atoms with van der Waals surface area (Å²) >= 11 is 3.60. The van der Waals surface area contributed by atoms with Crippen LogP contribution in [0.15, 0.2) is 16.6 Å². The number of nitrogens with zero attached hydrogens (tertiary/aromatic N) is 1. The van der Waals surface area contributed by atoms with Gasteiger partial charge in [-0.15, -0.1) is 0 Å². The lowest BCUT2D eigenvalue weighted by atomic mass is 10.0. The van der Waals surface area contributed by atoms with Crippen LogP contribution in [-0.4, -0.2) is 38.3 Å². The molecule has 0 bridgehead atoms. The second kappa shape index (κ2) is 7.47. The first-order chi connectivity index (χ1) is 10.0. The lowest BCUT2D eigenvalue weighted by molar-refractivity contribution is 0.223. The zero-order valence-electron chi connectivity index (χ0n) is 13.1. The molecule has 2 N–H and O–H groups in total. The molecule has 0 spiro atoms. The predicted octanol–water partition coefficient (Wildman–Crippen LogP) is 3.20. The summed E-state index contributed by atoms with van der Waals surface area (Å²) in [4.78, 5) is 2.30. The molecule has 1 aliphatic rings. The molecule has 0 saturated carbocycles. The van der Waals surface area contributed by atoms with E-state index in [-0.39, 0.29) is 6.04 Å². The molecule has 0 aliphatic carbocycles. The molecule has 0 fully saturated rings. The highest BCUT2D eigenvalue weighted by Gasteiger charge is 2.21. The van der Waals surface area contributed by atoms with Gasteiger partial charge in [-0.25, -0.2) is 0 Å². The Kier molecular flexibility index (Phi) is 5.90. The monoisotopic (exact) mass is 356 g/mol. The number of nitrogens with two attached hydrogens (primary N) is 1. The van der Waals surface area contributed by atoms with Crippen molar-refractivity contribution in [2.45, 2.75) is 26.3 Å². The molecule has 0 aromatic heterocycles. The van der Waals surface area contributed by atoms with Gasteiger partial charge in [0.25, 0.3) is 0 Å². The van der Waals surface area contributed by atoms with Crippen molar-refractivity contribution >= 4 is 15.9 Å². The minimum Gasteiger partial charge on any atom is -0.490 e. The zero-order valence-corrected chi connectivity index (χ0v) is 14.6. The fourth-order valence-electron chi connectivity index (χ4n) is 2.72. The molecule has 0 saturated heterocycles. The molecule has 2 rings (SSSR count). The number of fused-ring (bicyclic) bond motifs is 1. The third-order valence-electron chi connectivity index (χ3n) is 3.62. The summed E-state index contributed by atoms with van der Waals surface area (Å²) in [5.41, 5.74) is 7.17. The van der Waals surface area contributed by atoms with E-state index in [2.05, 4.69) is 53.9 Å². The highest BCUT2D eigenvalue weighted by Crippen LogP contribution is 2.40. The average molecular weight is 357 g/mol. The summed E-state index contributed by atoms with van der Waals surface area (Å²) in [6.45, 7) is 7.40. The number of hydrogen-bond acceptors (Lipinski definition) is 4. The molecule has 5 heteroatoms. The van der Waals surface area contributed by atoms with Crippen LogP contribution in [0.25, 0.3) is 0 Å². The quantitative estimate of drug-likeness (QED) is 0.879. The fraction of sp³-hybridized carbons (Fsp3) is 0.625. The number of hydrogen-bond donors (Lipinski definition) is 1. The van der Waals surface area contributed by atoms with E-state index in [1.807, 2.05) is 0 Å². The van der Waals surface area contributed by atoms with Gasteiger partial charge in [0.15, 0.2) is 11.5 Å². The van der Waals surface area contributed by atoms with Crippen molar-refractivity contribution in [3.8, 4) is 11.5 Å². The first-order valence-corrected chi connectivity index (χ1v) is 8.31. The molecule has 1 aromatic rings. The van der Waals surface area contributed by atoms with Gasteiger partial charge in [-0.3, -0.25) is 4.90 Å². The van der Waals surface area contributed by atoms with Crippen LogP contribution in [-0.2, 0) is 0 Å². The largest absolute Gasteiger partial charge is 0.490 e. The zero-order chi connectivity index (χ0) is 15.4. The average Bonchev–Trinajstić information content (AvgIpc) is 2.64. The van der Waals surface area contributed by atoms with Crippen LogP contribution in [0.2, 0.25) is 0 Å². The standard InChI is InChI=1S/C16H25BrN2O2/c1-11(2)10-19(3)14(9-18)12-7-13(17)16-15(8-12)20-5-4-6-21-16/h7-8,11,14H,4-6,9-10,18H2,1-3H3. The maximum absolute atomic E-state index is 6.01. The minimum atomic E-state index is 0.181. The van der Waals surface area contributed by atoms with Gasteiger partial charge in [0, 0.05) is 25.6 Å². The molecule has 4 nitrogen and oxygen atoms in total. The summed E-state index contributed by atoms with van der Waals surface area (Å²) in [5, 5.41) is 0. The molecule has 1 aromatic carbocycles. The normalized spacial score (nSPS) is 16.1. The lowest BCUT2D eigenvalue weighted by Crippen LogP contribution is -2.33. The van der Waals surface area contributed by atoms with Crippen molar-refractivity contribution in [3.05, 3.63) is 22.2 Å². The summed E-state index contributed by atoms with van der Waals surface area (Å²) in [6.07, 6.45) is 0.907. The van der Waals surface area contributed by atoms with Gasteiger partial charge in [0.1, 0.15) is 0 Å². The van der Waals surface area contributed by atoms with E-state index in [0.717, 1.165) is 34.5 Å². The number of ether oxygens (including phenoxy) is 2. The van der Waals surface area contributed by atoms with E-state index in [9.17, 15) is 0 Å². The summed E-state index contributed by atoms with van der Waals surface area (Å²) in [5.74, 6) is 2.22. The van der Waals surface area contributed by atoms with Crippen molar-refractivity contribution < 1.29 is 9.47 Å². The molecular weight excluding hydrogens is 332 g/mol. The van der Waals surface area contributed by atoms with Gasteiger partial charge in [-0.1, -0.05) is 13.8 Å². The van der Waals surface area contributed by atoms with Gasteiger partial charge in [-0.2, -0.15) is 0 Å². The molecule has 21 heavy (non-hydrogen) atoms. The molecule has 1 unspecified atom stereocenters. The highest BCUT2D eigenvalue weighted by molar-refractivity contribution is 9.10. The Morgan fingerprint density at radius 3 is 2.67 bits per heavy atom. The van der Waals surface area contributed by atoms with Gasteiger partial charge in [0.05, 0.1) is 17.7 Å². The topological polar surface area (TPSA) is 47.7 Å². The number of likely N-dealkylation sites (N-methyl/N-ethyl adjacent to an activating group) is 1. The van der Waals surface area contributed by atoms with Crippen molar-refractivity contribution in [3.63, 3.8) is 0 Å². The van der Waals surface area contributed by atoms with Gasteiger partial charge >= 0.3 is 0 Å². The van der Waals surface area contributed by atoms with Gasteiger partial charge in [0.2, 0.25) is 0 Å². The Morgan fingerprint density at radius 2 is 2.00 bits per heavy atom. The van der Waals surface area contributed by atoms with Crippen molar-refractivity contribution in [1.82, 2.24) is 4.90 Å². The van der Waals surface area contributed by atoms with Crippen LogP contribution < -0.4 is 15.2 Å². The van der Waals surface area contributed by atoms with E-state index in [1.165, 1.54) is 0 Å². The summed E-state index contributed by atoms with van der Waals surface area (Å²) in [6, 6.07) is 4.35. The number of halogens is 1. The SMILES string of the molecule is CC(C)CN(C)C(CN)c1cc(Br)c2c(c1)OCCCO2. The first kappa shape index (κ1) is 16.6. The Labute approximate surface area is 135 Å². The van der Waals surface area contributed by atoms with E-state index in [4.69, 9.17) is 15.2 Å². The van der Waals surface area contributed by atoms with Crippen LogP contribution in [0.1, 0.15) is 31.9 Å². The third-order valence-corrected chi connectivity index (χ3v) is 4.21. The molecule has 1 atom stereocenters. The highest BCUT2D eigenvalue weighted by atomic mass is 79.9. The smallest absolute Gasteiger partial charge is 0.175 e. The Hall–Kier alpha value is -0.780. The maximum Gasteiger partial charge on any atom is 0.175 e. The van der Waals surface area contributed by atoms with Crippen molar-refractivity contribution in [2.75, 3.05) is 33.4 Å². The number of benzene rings is 1. The second-order valence-electron chi connectivity index (χ2n) is 5.97. The molecule has 1 aliphatic heterocycles. The Bertz CT molecular complexity index is 480. The number of rotatable bonds is 5. The molecule has 0 amide bonds. The van der Waals surface area contributed by atoms with Crippen LogP contribution in [0.4, 0.5) is 0 Å². The van der Waals surface area contributed by atoms with E-state index in [0.29, 0.717) is 25.7 Å². The van der Waals surface area contributed by atoms with Gasteiger partial charge in [-0.05, 0) is 46.6 Å². The Balaban J connectivity index is 2.29. The fourth-order valence-corrected chi connectivity index (χ4v) is 3.29. The van der Waals surface area contributed by atoms with Crippen LogP contribution in [0.5, 0.6) is 11.5 Å². The van der Waals surface area contributed by atoms with Gasteiger partial charge < -0.3 is 15.2 Å². The second-order valence-corrected chi connectivity index (χ2v) is 6.82. The van der Waals surface area contributed by atoms with E-state index in [1.54, 1.807) is 0 Å². The Morgan fingerprint density at radius 1 is 1.29 bits per heavy atom. The third kappa shape index (κ3) is 4.11. The van der Waals surface area contributed by atoms with E-state index >= 15 is 0 Å². The predicted molar refractivity (Wildman–Crippen MR) is 89.0 cm³/mol. The van der Waals surface area contributed by atoms with Crippen LogP contribution in [0.3, 0.4) is 0 Å². The molecule has 1 heterocycles. The molecular formula is C16H25BrN2O2. The van der Waals surface area contributed by atoms with Crippen molar-refractivity contribution in [1.29, 1.82) is 0 Å². The van der Waals surface area contributed by atoms with Crippen LogP contribution >= 0.6 is 15.9 Å². The molecule has 0 radical (unpaired) electrons. The van der Waals surface area contributed by atoms with Crippen molar-refractivity contribution in [2.24, 2.45) is 11.7 Å². The van der Waals surface area contributed by atoms with E-state index < -0.39 is 0 Å².